The van der Waals surface area contributed by atoms with Crippen LogP contribution in [-0.4, -0.2) is 21.2 Å². The molecule has 0 aliphatic heterocycles. The van der Waals surface area contributed by atoms with Crippen LogP contribution in [-0.2, 0) is 7.05 Å². The second-order valence-electron chi connectivity index (χ2n) is 5.21. The number of aromatic nitrogens is 2. The van der Waals surface area contributed by atoms with E-state index in [4.69, 9.17) is 0 Å². The van der Waals surface area contributed by atoms with E-state index in [1.165, 1.54) is 19.3 Å². The van der Waals surface area contributed by atoms with E-state index in [1.54, 1.807) is 18.7 Å². The van der Waals surface area contributed by atoms with Crippen molar-refractivity contribution in [3.63, 3.8) is 0 Å². The number of hydrogen-bond donors (Lipinski definition) is 1. The first kappa shape index (κ1) is 12.9. The molecular formula is C12H20N4O2. The first-order chi connectivity index (χ1) is 8.50. The summed E-state index contributed by atoms with van der Waals surface area (Å²) in [6.45, 7) is 4.71. The maximum Gasteiger partial charge on any atom is 0.333 e. The van der Waals surface area contributed by atoms with Crippen LogP contribution in [0.3, 0.4) is 0 Å². The molecule has 18 heavy (non-hydrogen) atoms. The molecule has 0 radical (unpaired) electrons. The van der Waals surface area contributed by atoms with Gasteiger partial charge in [0.25, 0.3) is 0 Å². The Labute approximate surface area is 107 Å². The Morgan fingerprint density at radius 2 is 2.28 bits per heavy atom. The maximum atomic E-state index is 11.0. The third-order valence-electron chi connectivity index (χ3n) is 3.94. The van der Waals surface area contributed by atoms with E-state index in [-0.39, 0.29) is 10.6 Å². The molecule has 1 fully saturated rings. The van der Waals surface area contributed by atoms with Gasteiger partial charge in [-0.1, -0.05) is 19.8 Å². The van der Waals surface area contributed by atoms with Crippen LogP contribution in [0.4, 0.5) is 11.5 Å². The predicted octanol–water partition coefficient (Wildman–Crippen LogP) is 2.48. The second-order valence-corrected chi connectivity index (χ2v) is 5.21. The minimum Gasteiger partial charge on any atom is -0.364 e. The van der Waals surface area contributed by atoms with Crippen LogP contribution in [0.5, 0.6) is 0 Å². The summed E-state index contributed by atoms with van der Waals surface area (Å²) in [5.41, 5.74) is 0.563. The van der Waals surface area contributed by atoms with E-state index in [1.807, 2.05) is 0 Å². The highest BCUT2D eigenvalue weighted by atomic mass is 16.6. The minimum absolute atomic E-state index is 0.100. The lowest BCUT2D eigenvalue weighted by Gasteiger charge is -2.16. The van der Waals surface area contributed by atoms with Crippen molar-refractivity contribution in [2.45, 2.75) is 33.1 Å². The van der Waals surface area contributed by atoms with Crippen LogP contribution in [0.15, 0.2) is 0 Å². The molecule has 0 aromatic carbocycles. The highest BCUT2D eigenvalue weighted by Crippen LogP contribution is 2.33. The van der Waals surface area contributed by atoms with Crippen LogP contribution in [0.2, 0.25) is 0 Å². The molecule has 100 valence electrons. The molecule has 1 saturated carbocycles. The standard InChI is InChI=1S/C12H20N4O2/c1-8-5-4-6-10(8)7-13-12-11(16(17)18)9(2)14-15(12)3/h8,10,13H,4-7H2,1-3H3. The van der Waals surface area contributed by atoms with Crippen molar-refractivity contribution in [2.24, 2.45) is 18.9 Å². The fourth-order valence-electron chi connectivity index (χ4n) is 2.82. The topological polar surface area (TPSA) is 73.0 Å². The zero-order chi connectivity index (χ0) is 13.3. The Balaban J connectivity index is 2.11. The first-order valence-corrected chi connectivity index (χ1v) is 6.42. The van der Waals surface area contributed by atoms with Gasteiger partial charge in [0.1, 0.15) is 5.69 Å². The Kier molecular flexibility index (Phi) is 3.54. The Bertz CT molecular complexity index is 455. The summed E-state index contributed by atoms with van der Waals surface area (Å²) in [4.78, 5) is 10.7. The van der Waals surface area contributed by atoms with Gasteiger partial charge in [0.2, 0.25) is 5.82 Å². The lowest BCUT2D eigenvalue weighted by molar-refractivity contribution is -0.384. The Morgan fingerprint density at radius 3 is 2.83 bits per heavy atom. The first-order valence-electron chi connectivity index (χ1n) is 6.42. The smallest absolute Gasteiger partial charge is 0.333 e. The molecule has 1 aromatic heterocycles. The van der Waals surface area contributed by atoms with Gasteiger partial charge in [0.05, 0.1) is 4.92 Å². The average molecular weight is 252 g/mol. The molecule has 2 rings (SSSR count). The van der Waals surface area contributed by atoms with E-state index >= 15 is 0 Å². The number of nitro groups is 1. The molecule has 0 saturated heterocycles. The van der Waals surface area contributed by atoms with Crippen LogP contribution >= 0.6 is 0 Å². The summed E-state index contributed by atoms with van der Waals surface area (Å²) in [7, 11) is 1.74. The number of nitrogens with one attached hydrogen (secondary N) is 1. The molecule has 1 aliphatic carbocycles. The van der Waals surface area contributed by atoms with Gasteiger partial charge < -0.3 is 5.32 Å². The van der Waals surface area contributed by atoms with Gasteiger partial charge in [0.15, 0.2) is 0 Å². The van der Waals surface area contributed by atoms with Crippen molar-refractivity contribution < 1.29 is 4.92 Å². The second kappa shape index (κ2) is 4.96. The van der Waals surface area contributed by atoms with Crippen molar-refractivity contribution >= 4 is 11.5 Å². The molecular weight excluding hydrogens is 232 g/mol. The van der Waals surface area contributed by atoms with Gasteiger partial charge in [-0.15, -0.1) is 0 Å². The van der Waals surface area contributed by atoms with Crippen molar-refractivity contribution in [3.8, 4) is 0 Å². The van der Waals surface area contributed by atoms with Gasteiger partial charge >= 0.3 is 5.69 Å². The van der Waals surface area contributed by atoms with E-state index in [0.717, 1.165) is 6.54 Å². The lowest BCUT2D eigenvalue weighted by atomic mass is 9.98. The van der Waals surface area contributed by atoms with Gasteiger partial charge in [0, 0.05) is 13.6 Å². The maximum absolute atomic E-state index is 11.0. The molecule has 1 heterocycles. The highest BCUT2D eigenvalue weighted by Gasteiger charge is 2.27. The molecule has 0 bridgehead atoms. The number of aryl methyl sites for hydroxylation is 2. The average Bonchev–Trinajstić information content (AvgIpc) is 2.79. The molecule has 6 nitrogen and oxygen atoms in total. The number of anilines is 1. The SMILES string of the molecule is Cc1nn(C)c(NCC2CCCC2C)c1[N+](=O)[O-]. The highest BCUT2D eigenvalue weighted by molar-refractivity contribution is 5.59. The van der Waals surface area contributed by atoms with E-state index in [9.17, 15) is 10.1 Å². The summed E-state index contributed by atoms with van der Waals surface area (Å²) in [5, 5.41) is 18.4. The molecule has 1 aliphatic rings. The molecule has 1 N–H and O–H groups in total. The Hall–Kier alpha value is -1.59. The van der Waals surface area contributed by atoms with Crippen LogP contribution in [0, 0.1) is 28.9 Å². The van der Waals surface area contributed by atoms with E-state index in [0.29, 0.717) is 23.3 Å². The predicted molar refractivity (Wildman–Crippen MR) is 69.6 cm³/mol. The Morgan fingerprint density at radius 1 is 1.56 bits per heavy atom. The van der Waals surface area contributed by atoms with E-state index < -0.39 is 0 Å². The quantitative estimate of drug-likeness (QED) is 0.660. The fraction of sp³-hybridized carbons (Fsp3) is 0.750. The van der Waals surface area contributed by atoms with Gasteiger partial charge in [-0.25, -0.2) is 4.68 Å². The van der Waals surface area contributed by atoms with Crippen LogP contribution < -0.4 is 5.32 Å². The van der Waals surface area contributed by atoms with Crippen LogP contribution in [0.1, 0.15) is 31.9 Å². The third-order valence-corrected chi connectivity index (χ3v) is 3.94. The number of hydrogen-bond acceptors (Lipinski definition) is 4. The molecule has 0 spiro atoms. The fourth-order valence-corrected chi connectivity index (χ4v) is 2.82. The zero-order valence-corrected chi connectivity index (χ0v) is 11.1. The van der Waals surface area contributed by atoms with Gasteiger partial charge in [-0.2, -0.15) is 5.10 Å². The summed E-state index contributed by atoms with van der Waals surface area (Å²) in [5.74, 6) is 1.84. The summed E-state index contributed by atoms with van der Waals surface area (Å²) < 4.78 is 1.56. The van der Waals surface area contributed by atoms with Crippen molar-refractivity contribution in [3.05, 3.63) is 15.8 Å². The van der Waals surface area contributed by atoms with Crippen LogP contribution in [0.25, 0.3) is 0 Å². The lowest BCUT2D eigenvalue weighted by Crippen LogP contribution is -2.18. The molecule has 6 heteroatoms. The molecule has 2 unspecified atom stereocenters. The minimum atomic E-state index is -0.358. The number of rotatable bonds is 4. The summed E-state index contributed by atoms with van der Waals surface area (Å²) in [6, 6.07) is 0. The monoisotopic (exact) mass is 252 g/mol. The summed E-state index contributed by atoms with van der Waals surface area (Å²) >= 11 is 0. The third kappa shape index (κ3) is 2.32. The molecule has 0 amide bonds. The molecule has 2 atom stereocenters. The zero-order valence-electron chi connectivity index (χ0n) is 11.1. The van der Waals surface area contributed by atoms with Crippen molar-refractivity contribution in [1.82, 2.24) is 9.78 Å². The van der Waals surface area contributed by atoms with Crippen molar-refractivity contribution in [1.29, 1.82) is 0 Å². The largest absolute Gasteiger partial charge is 0.364 e. The number of nitrogens with zero attached hydrogens (tertiary/aromatic N) is 3. The van der Waals surface area contributed by atoms with Gasteiger partial charge in [-0.3, -0.25) is 10.1 Å². The van der Waals surface area contributed by atoms with Crippen molar-refractivity contribution in [2.75, 3.05) is 11.9 Å². The van der Waals surface area contributed by atoms with E-state index in [2.05, 4.69) is 17.3 Å². The summed E-state index contributed by atoms with van der Waals surface area (Å²) in [6.07, 6.45) is 3.73. The normalized spacial score (nSPS) is 23.3. The van der Waals surface area contributed by atoms with Gasteiger partial charge in [-0.05, 0) is 25.2 Å². The molecule has 1 aromatic rings.